The third-order valence-corrected chi connectivity index (χ3v) is 4.25. The van der Waals surface area contributed by atoms with Crippen LogP contribution in [0.25, 0.3) is 0 Å². The van der Waals surface area contributed by atoms with Crippen LogP contribution in [-0.4, -0.2) is 41.5 Å². The van der Waals surface area contributed by atoms with Crippen LogP contribution in [0.3, 0.4) is 0 Å². The molecule has 28 heavy (non-hydrogen) atoms. The van der Waals surface area contributed by atoms with E-state index in [4.69, 9.17) is 0 Å². The van der Waals surface area contributed by atoms with Crippen LogP contribution in [0.15, 0.2) is 24.3 Å². The molecule has 2 N–H and O–H groups in total. The predicted molar refractivity (Wildman–Crippen MR) is 100 cm³/mol. The molecule has 0 heterocycles. The van der Waals surface area contributed by atoms with Crippen molar-refractivity contribution in [3.8, 4) is 0 Å². The average molecular weight is 402 g/mol. The van der Waals surface area contributed by atoms with Crippen molar-refractivity contribution in [3.05, 3.63) is 35.4 Å². The zero-order chi connectivity index (χ0) is 21.2. The van der Waals surface area contributed by atoms with Gasteiger partial charge in [0.25, 0.3) is 0 Å². The fourth-order valence-corrected chi connectivity index (χ4v) is 2.91. The van der Waals surface area contributed by atoms with Crippen molar-refractivity contribution in [3.63, 3.8) is 0 Å². The number of alkyl halides is 3. The van der Waals surface area contributed by atoms with E-state index in [1.165, 1.54) is 18.2 Å². The van der Waals surface area contributed by atoms with Crippen molar-refractivity contribution < 1.29 is 27.9 Å². The summed E-state index contributed by atoms with van der Waals surface area (Å²) in [4.78, 5) is 25.8. The number of rotatable bonds is 11. The van der Waals surface area contributed by atoms with Gasteiger partial charge in [-0.1, -0.05) is 32.0 Å². The lowest BCUT2D eigenvalue weighted by atomic mass is 10.0. The first kappa shape index (κ1) is 23.9. The summed E-state index contributed by atoms with van der Waals surface area (Å²) in [6.45, 7) is 5.03. The summed E-state index contributed by atoms with van der Waals surface area (Å²) in [7, 11) is 0. The number of carbonyl (C=O) groups excluding carboxylic acids is 2. The number of hydrogen-bond donors (Lipinski definition) is 2. The Balaban J connectivity index is 2.46. The van der Waals surface area contributed by atoms with Crippen LogP contribution >= 0.6 is 0 Å². The van der Waals surface area contributed by atoms with Gasteiger partial charge in [0.15, 0.2) is 0 Å². The minimum atomic E-state index is -4.58. The van der Waals surface area contributed by atoms with Gasteiger partial charge in [0.1, 0.15) is 0 Å². The lowest BCUT2D eigenvalue weighted by molar-refractivity contribution is -0.139. The third-order valence-electron chi connectivity index (χ3n) is 4.25. The van der Waals surface area contributed by atoms with E-state index in [0.717, 1.165) is 18.9 Å². The lowest BCUT2D eigenvalue weighted by Crippen LogP contribution is -2.33. The van der Waals surface area contributed by atoms with Crippen molar-refractivity contribution in [2.75, 3.05) is 19.6 Å². The van der Waals surface area contributed by atoms with Crippen molar-refractivity contribution in [2.45, 2.75) is 58.2 Å². The highest BCUT2D eigenvalue weighted by Crippen LogP contribution is 2.34. The first-order chi connectivity index (χ1) is 13.2. The van der Waals surface area contributed by atoms with Crippen molar-refractivity contribution in [1.29, 1.82) is 0 Å². The molecule has 0 aliphatic carbocycles. The van der Waals surface area contributed by atoms with Gasteiger partial charge in [0.2, 0.25) is 11.8 Å². The van der Waals surface area contributed by atoms with Gasteiger partial charge in [-0.25, -0.2) is 0 Å². The number of carbonyl (C=O) groups is 2. The third kappa shape index (κ3) is 7.88. The van der Waals surface area contributed by atoms with E-state index in [-0.39, 0.29) is 30.9 Å². The molecule has 2 amide bonds. The van der Waals surface area contributed by atoms with Gasteiger partial charge < -0.3 is 15.3 Å². The van der Waals surface area contributed by atoms with Gasteiger partial charge in [-0.2, -0.15) is 13.2 Å². The monoisotopic (exact) mass is 402 g/mol. The van der Waals surface area contributed by atoms with Crippen LogP contribution in [0.2, 0.25) is 0 Å². The Labute approximate surface area is 163 Å². The second-order valence-corrected chi connectivity index (χ2v) is 6.64. The maximum Gasteiger partial charge on any atom is 0.416 e. The molecule has 8 heteroatoms. The molecule has 1 atom stereocenters. The summed E-state index contributed by atoms with van der Waals surface area (Å²) in [5.74, 6) is -0.412. The van der Waals surface area contributed by atoms with E-state index in [1.54, 1.807) is 4.90 Å². The maximum atomic E-state index is 13.0. The van der Waals surface area contributed by atoms with Crippen LogP contribution in [0.4, 0.5) is 13.2 Å². The first-order valence-electron chi connectivity index (χ1n) is 9.59. The number of halogens is 3. The molecule has 1 unspecified atom stereocenters. The van der Waals surface area contributed by atoms with Gasteiger partial charge in [-0.15, -0.1) is 0 Å². The van der Waals surface area contributed by atoms with Gasteiger partial charge in [-0.3, -0.25) is 9.59 Å². The molecule has 0 bridgehead atoms. The Morgan fingerprint density at radius 1 is 1.11 bits per heavy atom. The van der Waals surface area contributed by atoms with Gasteiger partial charge in [-0.05, 0) is 30.9 Å². The molecule has 0 saturated carbocycles. The molecule has 0 fully saturated rings. The highest BCUT2D eigenvalue weighted by atomic mass is 19.4. The topological polar surface area (TPSA) is 69.6 Å². The first-order valence-corrected chi connectivity index (χ1v) is 9.59. The smallest absolute Gasteiger partial charge is 0.387 e. The van der Waals surface area contributed by atoms with Crippen LogP contribution in [0.1, 0.15) is 63.2 Å². The number of hydrogen-bond acceptors (Lipinski definition) is 3. The highest BCUT2D eigenvalue weighted by molar-refractivity contribution is 5.79. The Hall–Kier alpha value is -2.09. The minimum absolute atomic E-state index is 0.00404. The molecule has 0 aliphatic heterocycles. The number of aliphatic hydroxyl groups excluding tert-OH is 1. The zero-order valence-electron chi connectivity index (χ0n) is 16.4. The molecule has 0 saturated heterocycles. The second kappa shape index (κ2) is 11.7. The summed E-state index contributed by atoms with van der Waals surface area (Å²) in [5, 5.41) is 12.5. The molecule has 1 aromatic rings. The molecule has 0 aromatic heterocycles. The SMILES string of the molecule is CCCN(CCC)C(=O)CCCC(=O)NCC(O)c1ccccc1C(F)(F)F. The minimum Gasteiger partial charge on any atom is -0.387 e. The summed E-state index contributed by atoms with van der Waals surface area (Å²) in [5.41, 5.74) is -1.20. The van der Waals surface area contributed by atoms with Crippen molar-refractivity contribution in [1.82, 2.24) is 10.2 Å². The number of aliphatic hydroxyl groups is 1. The molecule has 1 aromatic carbocycles. The van der Waals surface area contributed by atoms with Gasteiger partial charge in [0, 0.05) is 32.5 Å². The number of amides is 2. The summed E-state index contributed by atoms with van der Waals surface area (Å²) < 4.78 is 39.0. The van der Waals surface area contributed by atoms with Crippen LogP contribution in [-0.2, 0) is 15.8 Å². The largest absolute Gasteiger partial charge is 0.416 e. The molecule has 0 spiro atoms. The fraction of sp³-hybridized carbons (Fsp3) is 0.600. The van der Waals surface area contributed by atoms with E-state index in [1.807, 2.05) is 13.8 Å². The maximum absolute atomic E-state index is 13.0. The molecule has 1 rings (SSSR count). The van der Waals surface area contributed by atoms with E-state index < -0.39 is 23.8 Å². The van der Waals surface area contributed by atoms with Crippen LogP contribution in [0.5, 0.6) is 0 Å². The van der Waals surface area contributed by atoms with Gasteiger partial charge in [0.05, 0.1) is 11.7 Å². The standard InChI is InChI=1S/C20H29F3N2O3/c1-3-12-25(13-4-2)19(28)11-7-10-18(27)24-14-17(26)15-8-5-6-9-16(15)20(21,22)23/h5-6,8-9,17,26H,3-4,7,10-14H2,1-2H3,(H,24,27). The summed E-state index contributed by atoms with van der Waals surface area (Å²) in [6, 6.07) is 4.73. The van der Waals surface area contributed by atoms with Crippen LogP contribution in [0, 0.1) is 0 Å². The number of nitrogens with one attached hydrogen (secondary N) is 1. The average Bonchev–Trinajstić information content (AvgIpc) is 2.65. The molecule has 5 nitrogen and oxygen atoms in total. The van der Waals surface area contributed by atoms with E-state index in [0.29, 0.717) is 19.5 Å². The fourth-order valence-electron chi connectivity index (χ4n) is 2.91. The molecular weight excluding hydrogens is 373 g/mol. The van der Waals surface area contributed by atoms with Crippen LogP contribution < -0.4 is 5.32 Å². The summed E-state index contributed by atoms with van der Waals surface area (Å²) >= 11 is 0. The zero-order valence-corrected chi connectivity index (χ0v) is 16.4. The van der Waals surface area contributed by atoms with E-state index >= 15 is 0 Å². The normalized spacial score (nSPS) is 12.5. The quantitative estimate of drug-likeness (QED) is 0.593. The predicted octanol–water partition coefficient (Wildman–Crippen LogP) is 3.67. The molecule has 0 radical (unpaired) electrons. The number of nitrogens with zero attached hydrogens (tertiary/aromatic N) is 1. The Morgan fingerprint density at radius 3 is 2.29 bits per heavy atom. The lowest BCUT2D eigenvalue weighted by Gasteiger charge is -2.21. The van der Waals surface area contributed by atoms with E-state index in [2.05, 4.69) is 5.32 Å². The Morgan fingerprint density at radius 2 is 1.71 bits per heavy atom. The molecular formula is C20H29F3N2O3. The Kier molecular flexibility index (Phi) is 9.99. The Bertz CT molecular complexity index is 629. The van der Waals surface area contributed by atoms with Crippen molar-refractivity contribution >= 4 is 11.8 Å². The van der Waals surface area contributed by atoms with E-state index in [9.17, 15) is 27.9 Å². The summed E-state index contributed by atoms with van der Waals surface area (Å²) in [6.07, 6.45) is -3.65. The van der Waals surface area contributed by atoms with Crippen molar-refractivity contribution in [2.24, 2.45) is 0 Å². The molecule has 0 aliphatic rings. The highest BCUT2D eigenvalue weighted by Gasteiger charge is 2.34. The second-order valence-electron chi connectivity index (χ2n) is 6.64. The van der Waals surface area contributed by atoms with Gasteiger partial charge >= 0.3 is 6.18 Å². The number of benzene rings is 1. The molecule has 158 valence electrons.